The number of likely N-dealkylation sites (tertiary alicyclic amines) is 1. The molecule has 80 valence electrons. The van der Waals surface area contributed by atoms with Crippen molar-refractivity contribution in [3.8, 4) is 0 Å². The van der Waals surface area contributed by atoms with Gasteiger partial charge >= 0.3 is 0 Å². The van der Waals surface area contributed by atoms with Crippen molar-refractivity contribution in [1.82, 2.24) is 10.2 Å². The molecule has 2 saturated heterocycles. The van der Waals surface area contributed by atoms with Crippen molar-refractivity contribution >= 4 is 0 Å². The third-order valence-corrected chi connectivity index (χ3v) is 3.24. The highest BCUT2D eigenvalue weighted by molar-refractivity contribution is 4.91. The second-order valence-corrected chi connectivity index (χ2v) is 4.34. The molecule has 0 aromatic heterocycles. The van der Waals surface area contributed by atoms with Gasteiger partial charge in [0.05, 0.1) is 0 Å². The number of aliphatic hydroxyl groups excluding tert-OH is 2. The van der Waals surface area contributed by atoms with Crippen LogP contribution in [0.1, 0.15) is 19.3 Å². The summed E-state index contributed by atoms with van der Waals surface area (Å²) in [7, 11) is 0. The summed E-state index contributed by atoms with van der Waals surface area (Å²) < 4.78 is 0. The standard InChI is InChI=1S/C10H19N2O2/c13-8-2-1-5-12(7-8)9-3-4-11-6-10(9)14/h8-10,13-14H,1-7H2/q+1. The van der Waals surface area contributed by atoms with E-state index in [1.807, 2.05) is 0 Å². The topological polar surface area (TPSA) is 60.5 Å². The highest BCUT2D eigenvalue weighted by Crippen LogP contribution is 2.16. The van der Waals surface area contributed by atoms with Gasteiger partial charge in [0.1, 0.15) is 25.3 Å². The molecule has 4 heteroatoms. The van der Waals surface area contributed by atoms with Crippen LogP contribution in [-0.4, -0.2) is 54.6 Å². The predicted molar refractivity (Wildman–Crippen MR) is 53.4 cm³/mol. The van der Waals surface area contributed by atoms with E-state index >= 15 is 0 Å². The monoisotopic (exact) mass is 199 g/mol. The molecule has 2 fully saturated rings. The summed E-state index contributed by atoms with van der Waals surface area (Å²) in [5, 5.41) is 23.5. The van der Waals surface area contributed by atoms with Crippen molar-refractivity contribution in [2.45, 2.75) is 37.5 Å². The normalized spacial score (nSPS) is 41.1. The molecule has 2 rings (SSSR count). The minimum absolute atomic E-state index is 0.199. The van der Waals surface area contributed by atoms with Crippen LogP contribution in [0.3, 0.4) is 0 Å². The van der Waals surface area contributed by atoms with Crippen LogP contribution in [0.4, 0.5) is 0 Å². The maximum atomic E-state index is 9.79. The second-order valence-electron chi connectivity index (χ2n) is 4.34. The number of hydrogen-bond donors (Lipinski definition) is 2. The number of piperidine rings is 2. The lowest BCUT2D eigenvalue weighted by Crippen LogP contribution is -2.58. The third-order valence-electron chi connectivity index (χ3n) is 3.24. The Bertz CT molecular complexity index is 189. The lowest BCUT2D eigenvalue weighted by Gasteiger charge is -2.32. The summed E-state index contributed by atoms with van der Waals surface area (Å²) in [6.07, 6.45) is 2.36. The van der Waals surface area contributed by atoms with E-state index < -0.39 is 0 Å². The minimum atomic E-state index is -0.325. The first-order valence-corrected chi connectivity index (χ1v) is 5.51. The summed E-state index contributed by atoms with van der Waals surface area (Å²) in [6.45, 7) is 3.16. The van der Waals surface area contributed by atoms with E-state index in [0.29, 0.717) is 6.54 Å². The molecule has 2 radical (unpaired) electrons. The summed E-state index contributed by atoms with van der Waals surface area (Å²) in [6, 6.07) is 0.224. The summed E-state index contributed by atoms with van der Waals surface area (Å²) in [5.74, 6) is 0. The van der Waals surface area contributed by atoms with Crippen LogP contribution in [0, 0.1) is 0 Å². The molecule has 3 unspecified atom stereocenters. The summed E-state index contributed by atoms with van der Waals surface area (Å²) >= 11 is 0. The van der Waals surface area contributed by atoms with E-state index in [9.17, 15) is 10.2 Å². The van der Waals surface area contributed by atoms with Gasteiger partial charge in [-0.1, -0.05) is 0 Å². The molecule has 0 aliphatic carbocycles. The largest absolute Gasteiger partial charge is 0.387 e. The zero-order valence-electron chi connectivity index (χ0n) is 8.47. The van der Waals surface area contributed by atoms with Crippen molar-refractivity contribution in [2.75, 3.05) is 26.2 Å². The van der Waals surface area contributed by atoms with Gasteiger partial charge in [0.2, 0.25) is 0 Å². The highest BCUT2D eigenvalue weighted by Gasteiger charge is 2.39. The number of β-amino-alcohol motifs (C(OH)–C–C–N with tert-alkyl or cyclic N) is 1. The molecule has 0 spiro atoms. The van der Waals surface area contributed by atoms with Crippen LogP contribution in [0.15, 0.2) is 0 Å². The fourth-order valence-corrected chi connectivity index (χ4v) is 2.47. The highest BCUT2D eigenvalue weighted by atomic mass is 16.3. The van der Waals surface area contributed by atoms with Crippen molar-refractivity contribution < 1.29 is 10.2 Å². The number of rotatable bonds is 1. The van der Waals surface area contributed by atoms with Crippen molar-refractivity contribution in [3.05, 3.63) is 0 Å². The fourth-order valence-electron chi connectivity index (χ4n) is 2.47. The Morgan fingerprint density at radius 3 is 2.79 bits per heavy atom. The van der Waals surface area contributed by atoms with Crippen LogP contribution in [0.2, 0.25) is 0 Å². The first kappa shape index (κ1) is 10.4. The molecule has 4 nitrogen and oxygen atoms in total. The molecule has 2 aliphatic heterocycles. The van der Waals surface area contributed by atoms with E-state index in [1.54, 1.807) is 0 Å². The average Bonchev–Trinajstić information content (AvgIpc) is 2.18. The van der Waals surface area contributed by atoms with Gasteiger partial charge in [0.15, 0.2) is 6.04 Å². The maximum Gasteiger partial charge on any atom is 0.161 e. The van der Waals surface area contributed by atoms with Crippen LogP contribution in [0.25, 0.3) is 0 Å². The molecule has 0 aromatic rings. The van der Waals surface area contributed by atoms with Crippen molar-refractivity contribution in [2.24, 2.45) is 0 Å². The van der Waals surface area contributed by atoms with Crippen LogP contribution in [-0.2, 0) is 0 Å². The van der Waals surface area contributed by atoms with Gasteiger partial charge < -0.3 is 10.2 Å². The molecular weight excluding hydrogens is 180 g/mol. The SMILES string of the molecule is OC1CCC[N+](C2CC[N]CC2O)C1. The van der Waals surface area contributed by atoms with Gasteiger partial charge in [-0.15, -0.1) is 0 Å². The fraction of sp³-hybridized carbons (Fsp3) is 1.00. The summed E-state index contributed by atoms with van der Waals surface area (Å²) in [5.41, 5.74) is 0. The van der Waals surface area contributed by atoms with E-state index in [1.165, 1.54) is 0 Å². The quantitative estimate of drug-likeness (QED) is 0.533. The van der Waals surface area contributed by atoms with E-state index in [2.05, 4.69) is 10.2 Å². The lowest BCUT2D eigenvalue weighted by molar-refractivity contribution is 0.0306. The number of nitrogens with zero attached hydrogens (tertiary/aromatic N) is 2. The molecule has 2 heterocycles. The molecule has 2 aliphatic rings. The van der Waals surface area contributed by atoms with Gasteiger partial charge in [-0.05, 0) is 6.42 Å². The van der Waals surface area contributed by atoms with Gasteiger partial charge in [-0.2, -0.15) is 4.90 Å². The Morgan fingerprint density at radius 1 is 1.21 bits per heavy atom. The van der Waals surface area contributed by atoms with Crippen molar-refractivity contribution in [3.63, 3.8) is 0 Å². The summed E-state index contributed by atoms with van der Waals surface area (Å²) in [4.78, 5) is 2.23. The van der Waals surface area contributed by atoms with Crippen LogP contribution in [0.5, 0.6) is 0 Å². The van der Waals surface area contributed by atoms with Gasteiger partial charge in [0.25, 0.3) is 0 Å². The third kappa shape index (κ3) is 2.25. The maximum absolute atomic E-state index is 9.79. The smallest absolute Gasteiger partial charge is 0.161 e. The molecule has 2 N–H and O–H groups in total. The Kier molecular flexibility index (Phi) is 3.38. The van der Waals surface area contributed by atoms with E-state index in [-0.39, 0.29) is 18.2 Å². The van der Waals surface area contributed by atoms with Crippen molar-refractivity contribution in [1.29, 1.82) is 0 Å². The lowest BCUT2D eigenvalue weighted by atomic mass is 9.98. The Morgan fingerprint density at radius 2 is 2.07 bits per heavy atom. The molecule has 3 atom stereocenters. The van der Waals surface area contributed by atoms with E-state index in [0.717, 1.165) is 38.9 Å². The van der Waals surface area contributed by atoms with Crippen LogP contribution >= 0.6 is 0 Å². The molecule has 14 heavy (non-hydrogen) atoms. The average molecular weight is 199 g/mol. The van der Waals surface area contributed by atoms with E-state index in [4.69, 9.17) is 0 Å². The Hall–Kier alpha value is -0.160. The minimum Gasteiger partial charge on any atom is -0.387 e. The number of hydrogen-bond acceptors (Lipinski definition) is 3. The zero-order chi connectivity index (χ0) is 9.97. The molecule has 0 aromatic carbocycles. The first-order chi connectivity index (χ1) is 6.77. The van der Waals surface area contributed by atoms with Gasteiger partial charge in [-0.3, -0.25) is 0 Å². The Balaban J connectivity index is 1.91. The molecule has 0 amide bonds. The first-order valence-electron chi connectivity index (χ1n) is 5.51. The van der Waals surface area contributed by atoms with Gasteiger partial charge in [0, 0.05) is 25.9 Å². The Labute approximate surface area is 84.9 Å². The number of aliphatic hydroxyl groups is 2. The second kappa shape index (κ2) is 4.57. The van der Waals surface area contributed by atoms with Crippen LogP contribution < -0.4 is 10.2 Å². The molecule has 0 bridgehead atoms. The molecule has 0 saturated carbocycles. The predicted octanol–water partition coefficient (Wildman–Crippen LogP) is -0.981. The molecular formula is C10H19N2O2+. The van der Waals surface area contributed by atoms with Gasteiger partial charge in [-0.25, -0.2) is 5.32 Å². The zero-order valence-corrected chi connectivity index (χ0v) is 8.47.